The van der Waals surface area contributed by atoms with E-state index in [0.29, 0.717) is 18.1 Å². The highest BCUT2D eigenvalue weighted by atomic mass is 32.2. The summed E-state index contributed by atoms with van der Waals surface area (Å²) < 4.78 is 68.2. The number of rotatable bonds is 4. The molecule has 0 saturated carbocycles. The number of hydrogen-bond acceptors (Lipinski definition) is 4. The van der Waals surface area contributed by atoms with Gasteiger partial charge in [0.25, 0.3) is 0 Å². The zero-order chi connectivity index (χ0) is 21.4. The molecule has 0 amide bonds. The molecule has 1 atom stereocenters. The molecule has 0 aromatic heterocycles. The summed E-state index contributed by atoms with van der Waals surface area (Å²) in [5.41, 5.74) is -0.569. The summed E-state index contributed by atoms with van der Waals surface area (Å²) in [5, 5.41) is 8.86. The maximum Gasteiger partial charge on any atom is 0.417 e. The summed E-state index contributed by atoms with van der Waals surface area (Å²) in [6.45, 7) is 0.512. The van der Waals surface area contributed by atoms with Crippen molar-refractivity contribution in [1.29, 1.82) is 5.26 Å². The minimum atomic E-state index is -4.73. The van der Waals surface area contributed by atoms with E-state index in [1.165, 1.54) is 40.7 Å². The average Bonchev–Trinajstić information content (AvgIpc) is 3.18. The van der Waals surface area contributed by atoms with Crippen molar-refractivity contribution in [1.82, 2.24) is 9.21 Å². The lowest BCUT2D eigenvalue weighted by molar-refractivity contribution is -0.137. The van der Waals surface area contributed by atoms with Crippen molar-refractivity contribution in [3.8, 4) is 17.2 Å². The molecule has 5 nitrogen and oxygen atoms in total. The van der Waals surface area contributed by atoms with Gasteiger partial charge in [-0.1, -0.05) is 18.2 Å². The zero-order valence-electron chi connectivity index (χ0n) is 15.9. The topological polar surface area (TPSA) is 64.4 Å². The Kier molecular flexibility index (Phi) is 5.72. The van der Waals surface area contributed by atoms with Crippen LogP contribution >= 0.6 is 0 Å². The molecule has 1 aliphatic rings. The smallest absolute Gasteiger partial charge is 0.305 e. The zero-order valence-corrected chi connectivity index (χ0v) is 16.8. The SMILES string of the molecule is CN(C)[C@@H]1CCN(S(=O)(=O)c2ccc(-c3ccc(C#N)cc3)c(C(F)(F)F)c2)C1. The van der Waals surface area contributed by atoms with Crippen molar-refractivity contribution in [2.45, 2.75) is 23.5 Å². The molecule has 29 heavy (non-hydrogen) atoms. The van der Waals surface area contributed by atoms with Crippen molar-refractivity contribution in [2.24, 2.45) is 0 Å². The van der Waals surface area contributed by atoms with Crippen LogP contribution < -0.4 is 0 Å². The van der Waals surface area contributed by atoms with E-state index >= 15 is 0 Å². The Balaban J connectivity index is 2.03. The molecule has 1 fully saturated rings. The normalized spacial score (nSPS) is 18.2. The van der Waals surface area contributed by atoms with E-state index < -0.39 is 21.8 Å². The third kappa shape index (κ3) is 4.29. The Morgan fingerprint density at radius 3 is 2.31 bits per heavy atom. The highest BCUT2D eigenvalue weighted by Gasteiger charge is 2.38. The first kappa shape index (κ1) is 21.3. The maximum atomic E-state index is 13.7. The van der Waals surface area contributed by atoms with Crippen LogP contribution in [0.3, 0.4) is 0 Å². The molecule has 2 aromatic carbocycles. The second-order valence-electron chi connectivity index (χ2n) is 7.16. The van der Waals surface area contributed by atoms with Crippen molar-refractivity contribution in [2.75, 3.05) is 27.2 Å². The van der Waals surface area contributed by atoms with Gasteiger partial charge in [-0.15, -0.1) is 0 Å². The first-order chi connectivity index (χ1) is 13.5. The van der Waals surface area contributed by atoms with Crippen LogP contribution in [0.25, 0.3) is 11.1 Å². The average molecular weight is 423 g/mol. The monoisotopic (exact) mass is 423 g/mol. The molecule has 0 aliphatic carbocycles. The minimum absolute atomic E-state index is 0.0322. The second-order valence-corrected chi connectivity index (χ2v) is 9.10. The lowest BCUT2D eigenvalue weighted by atomic mass is 9.98. The molecule has 2 aromatic rings. The first-order valence-corrected chi connectivity index (χ1v) is 10.4. The number of benzene rings is 2. The summed E-state index contributed by atoms with van der Waals surface area (Å²) in [6, 6.07) is 10.7. The molecule has 9 heteroatoms. The van der Waals surface area contributed by atoms with E-state index in [1.807, 2.05) is 25.1 Å². The molecule has 0 bridgehead atoms. The number of nitriles is 1. The van der Waals surface area contributed by atoms with E-state index in [1.54, 1.807) is 0 Å². The van der Waals surface area contributed by atoms with Gasteiger partial charge in [0.1, 0.15) is 0 Å². The number of hydrogen-bond donors (Lipinski definition) is 0. The fourth-order valence-corrected chi connectivity index (χ4v) is 4.91. The van der Waals surface area contributed by atoms with Gasteiger partial charge >= 0.3 is 6.18 Å². The van der Waals surface area contributed by atoms with E-state index in [-0.39, 0.29) is 35.2 Å². The van der Waals surface area contributed by atoms with Crippen LogP contribution in [0.5, 0.6) is 0 Å². The summed E-state index contributed by atoms with van der Waals surface area (Å²) >= 11 is 0. The third-order valence-electron chi connectivity index (χ3n) is 5.12. The van der Waals surface area contributed by atoms with Gasteiger partial charge in [0.2, 0.25) is 10.0 Å². The Morgan fingerprint density at radius 1 is 1.14 bits per heavy atom. The molecule has 1 heterocycles. The summed E-state index contributed by atoms with van der Waals surface area (Å²) in [6.07, 6.45) is -4.10. The standard InChI is InChI=1S/C20H20F3N3O2S/c1-25(2)16-9-10-26(13-16)29(27,28)17-7-8-18(19(11-17)20(21,22)23)15-5-3-14(12-24)4-6-15/h3-8,11,16H,9-10,13H2,1-2H3/t16-/m1/s1. The summed E-state index contributed by atoms with van der Waals surface area (Å²) in [5.74, 6) is 0. The van der Waals surface area contributed by atoms with E-state index in [0.717, 1.165) is 0 Å². The minimum Gasteiger partial charge on any atom is -0.305 e. The molecule has 1 saturated heterocycles. The van der Waals surface area contributed by atoms with Crippen LogP contribution in [0.15, 0.2) is 47.4 Å². The van der Waals surface area contributed by atoms with Gasteiger partial charge in [0.05, 0.1) is 22.1 Å². The largest absolute Gasteiger partial charge is 0.417 e. The number of nitrogens with zero attached hydrogens (tertiary/aromatic N) is 3. The lowest BCUT2D eigenvalue weighted by Crippen LogP contribution is -2.34. The molecule has 0 spiro atoms. The highest BCUT2D eigenvalue weighted by Crippen LogP contribution is 2.39. The van der Waals surface area contributed by atoms with Crippen LogP contribution in [0.4, 0.5) is 13.2 Å². The van der Waals surface area contributed by atoms with Crippen molar-refractivity contribution in [3.63, 3.8) is 0 Å². The summed E-state index contributed by atoms with van der Waals surface area (Å²) in [4.78, 5) is 1.53. The van der Waals surface area contributed by atoms with Crippen LogP contribution in [0.1, 0.15) is 17.5 Å². The molecule has 1 aliphatic heterocycles. The van der Waals surface area contributed by atoms with E-state index in [2.05, 4.69) is 0 Å². The van der Waals surface area contributed by atoms with Crippen molar-refractivity contribution >= 4 is 10.0 Å². The van der Waals surface area contributed by atoms with Crippen LogP contribution in [0, 0.1) is 11.3 Å². The molecule has 3 rings (SSSR count). The Morgan fingerprint density at radius 2 is 1.79 bits per heavy atom. The highest BCUT2D eigenvalue weighted by molar-refractivity contribution is 7.89. The Hall–Kier alpha value is -2.41. The van der Waals surface area contributed by atoms with Gasteiger partial charge in [-0.2, -0.15) is 22.7 Å². The van der Waals surface area contributed by atoms with E-state index in [9.17, 15) is 21.6 Å². The van der Waals surface area contributed by atoms with Crippen LogP contribution in [-0.2, 0) is 16.2 Å². The van der Waals surface area contributed by atoms with Gasteiger partial charge < -0.3 is 4.90 Å². The van der Waals surface area contributed by atoms with Crippen molar-refractivity contribution < 1.29 is 21.6 Å². The lowest BCUT2D eigenvalue weighted by Gasteiger charge is -2.21. The van der Waals surface area contributed by atoms with Gasteiger partial charge in [0, 0.05) is 19.1 Å². The Bertz CT molecular complexity index is 1040. The molecule has 0 radical (unpaired) electrons. The maximum absolute atomic E-state index is 13.7. The number of likely N-dealkylation sites (N-methyl/N-ethyl adjacent to an activating group) is 1. The van der Waals surface area contributed by atoms with Gasteiger partial charge in [-0.25, -0.2) is 8.42 Å². The quantitative estimate of drug-likeness (QED) is 0.754. The Labute approximate surface area is 168 Å². The van der Waals surface area contributed by atoms with Gasteiger partial charge in [-0.3, -0.25) is 0 Å². The number of alkyl halides is 3. The molecular formula is C20H20F3N3O2S. The second kappa shape index (κ2) is 7.78. The molecule has 154 valence electrons. The number of halogens is 3. The van der Waals surface area contributed by atoms with E-state index in [4.69, 9.17) is 5.26 Å². The fourth-order valence-electron chi connectivity index (χ4n) is 3.39. The molecular weight excluding hydrogens is 403 g/mol. The third-order valence-corrected chi connectivity index (χ3v) is 6.98. The van der Waals surface area contributed by atoms with Gasteiger partial charge in [0.15, 0.2) is 0 Å². The predicted molar refractivity (Wildman–Crippen MR) is 102 cm³/mol. The number of sulfonamides is 1. The fraction of sp³-hybridized carbons (Fsp3) is 0.350. The van der Waals surface area contributed by atoms with Gasteiger partial charge in [-0.05, 0) is 55.9 Å². The van der Waals surface area contributed by atoms with Crippen LogP contribution in [-0.4, -0.2) is 50.8 Å². The molecule has 0 N–H and O–H groups in total. The summed E-state index contributed by atoms with van der Waals surface area (Å²) in [7, 11) is -0.350. The van der Waals surface area contributed by atoms with Crippen molar-refractivity contribution in [3.05, 3.63) is 53.6 Å². The molecule has 0 unspecified atom stereocenters. The van der Waals surface area contributed by atoms with Crippen LogP contribution in [0.2, 0.25) is 0 Å². The predicted octanol–water partition coefficient (Wildman–Crippen LogP) is 3.57. The first-order valence-electron chi connectivity index (χ1n) is 8.92.